The molecule has 5 heteroatoms. The number of thiocarbonyl (C=S) groups is 1. The van der Waals surface area contributed by atoms with Crippen molar-refractivity contribution in [1.82, 2.24) is 4.90 Å². The first kappa shape index (κ1) is 18.7. The Balaban J connectivity index is 1.55. The molecular weight excluding hydrogens is 386 g/mol. The molecule has 0 spiro atoms. The summed E-state index contributed by atoms with van der Waals surface area (Å²) in [4.78, 5) is 14.7. The highest BCUT2D eigenvalue weighted by atomic mass is 32.2. The summed E-state index contributed by atoms with van der Waals surface area (Å²) in [7, 11) is 0. The third-order valence-electron chi connectivity index (χ3n) is 4.60. The lowest BCUT2D eigenvalue weighted by atomic mass is 10.1. The highest BCUT2D eigenvalue weighted by Gasteiger charge is 2.30. The number of thioether (sulfide) groups is 1. The Morgan fingerprint density at radius 1 is 1.04 bits per heavy atom. The zero-order valence-corrected chi connectivity index (χ0v) is 17.1. The Morgan fingerprint density at radius 3 is 2.57 bits per heavy atom. The van der Waals surface area contributed by atoms with Crippen LogP contribution in [0.4, 0.5) is 0 Å². The van der Waals surface area contributed by atoms with Gasteiger partial charge in [0, 0.05) is 12.1 Å². The van der Waals surface area contributed by atoms with Crippen LogP contribution in [0, 0.1) is 0 Å². The SMILES string of the molecule is CCN1C(=O)/C(=C\c2ccccc2OCc2ccc3ccccc3c2)SC1=S. The number of hydrogen-bond donors (Lipinski definition) is 0. The number of rotatable bonds is 5. The summed E-state index contributed by atoms with van der Waals surface area (Å²) >= 11 is 6.63. The molecule has 0 radical (unpaired) electrons. The van der Waals surface area contributed by atoms with Gasteiger partial charge in [-0.1, -0.05) is 78.6 Å². The van der Waals surface area contributed by atoms with Crippen LogP contribution in [-0.2, 0) is 11.4 Å². The van der Waals surface area contributed by atoms with Crippen molar-refractivity contribution in [1.29, 1.82) is 0 Å². The summed E-state index contributed by atoms with van der Waals surface area (Å²) < 4.78 is 6.69. The van der Waals surface area contributed by atoms with Crippen molar-refractivity contribution in [2.75, 3.05) is 6.54 Å². The zero-order chi connectivity index (χ0) is 19.5. The highest BCUT2D eigenvalue weighted by molar-refractivity contribution is 8.26. The smallest absolute Gasteiger partial charge is 0.266 e. The van der Waals surface area contributed by atoms with E-state index in [-0.39, 0.29) is 5.91 Å². The van der Waals surface area contributed by atoms with Gasteiger partial charge in [-0.15, -0.1) is 0 Å². The van der Waals surface area contributed by atoms with Crippen LogP contribution in [-0.4, -0.2) is 21.7 Å². The van der Waals surface area contributed by atoms with E-state index in [1.165, 1.54) is 22.5 Å². The number of hydrogen-bond acceptors (Lipinski definition) is 4. The van der Waals surface area contributed by atoms with Gasteiger partial charge in [-0.05, 0) is 41.5 Å². The Kier molecular flexibility index (Phi) is 5.46. The molecule has 3 aromatic rings. The van der Waals surface area contributed by atoms with E-state index in [1.54, 1.807) is 4.90 Å². The van der Waals surface area contributed by atoms with E-state index in [1.807, 2.05) is 49.4 Å². The molecule has 3 nitrogen and oxygen atoms in total. The highest BCUT2D eigenvalue weighted by Crippen LogP contribution is 2.34. The quantitative estimate of drug-likeness (QED) is 0.406. The largest absolute Gasteiger partial charge is 0.488 e. The molecule has 0 N–H and O–H groups in total. The number of benzene rings is 3. The number of nitrogens with zero attached hydrogens (tertiary/aromatic N) is 1. The van der Waals surface area contributed by atoms with E-state index < -0.39 is 0 Å². The maximum absolute atomic E-state index is 12.5. The van der Waals surface area contributed by atoms with E-state index in [2.05, 4.69) is 30.3 Å². The van der Waals surface area contributed by atoms with Crippen LogP contribution in [0.15, 0.2) is 71.6 Å². The first-order valence-corrected chi connectivity index (χ1v) is 10.3. The molecular formula is C23H19NO2S2. The lowest BCUT2D eigenvalue weighted by molar-refractivity contribution is -0.121. The van der Waals surface area contributed by atoms with Crippen LogP contribution in [0.5, 0.6) is 5.75 Å². The van der Waals surface area contributed by atoms with Gasteiger partial charge in [-0.3, -0.25) is 9.69 Å². The second kappa shape index (κ2) is 8.17. The fourth-order valence-electron chi connectivity index (χ4n) is 3.13. The van der Waals surface area contributed by atoms with Gasteiger partial charge >= 0.3 is 0 Å². The lowest BCUT2D eigenvalue weighted by Gasteiger charge is -2.11. The minimum Gasteiger partial charge on any atom is -0.488 e. The Bertz CT molecular complexity index is 1090. The molecule has 1 amide bonds. The van der Waals surface area contributed by atoms with Gasteiger partial charge in [0.05, 0.1) is 4.91 Å². The Morgan fingerprint density at radius 2 is 1.79 bits per heavy atom. The molecule has 0 unspecified atom stereocenters. The monoisotopic (exact) mass is 405 g/mol. The van der Waals surface area contributed by atoms with Crippen molar-refractivity contribution in [3.8, 4) is 5.75 Å². The maximum atomic E-state index is 12.5. The van der Waals surface area contributed by atoms with Crippen LogP contribution in [0.2, 0.25) is 0 Å². The molecule has 0 saturated carbocycles. The molecule has 3 aromatic carbocycles. The maximum Gasteiger partial charge on any atom is 0.266 e. The first-order valence-electron chi connectivity index (χ1n) is 9.10. The van der Waals surface area contributed by atoms with E-state index in [9.17, 15) is 4.79 Å². The Labute approximate surface area is 174 Å². The summed E-state index contributed by atoms with van der Waals surface area (Å²) in [6, 6.07) is 22.4. The van der Waals surface area contributed by atoms with Crippen molar-refractivity contribution in [3.05, 3.63) is 82.8 Å². The Hall–Kier alpha value is -2.63. The van der Waals surface area contributed by atoms with Crippen LogP contribution in [0.1, 0.15) is 18.1 Å². The molecule has 1 aliphatic heterocycles. The minimum absolute atomic E-state index is 0.0400. The van der Waals surface area contributed by atoms with Crippen LogP contribution in [0.25, 0.3) is 16.8 Å². The fourth-order valence-corrected chi connectivity index (χ4v) is 4.51. The zero-order valence-electron chi connectivity index (χ0n) is 15.4. The van der Waals surface area contributed by atoms with Crippen LogP contribution in [0.3, 0.4) is 0 Å². The number of para-hydroxylation sites is 1. The van der Waals surface area contributed by atoms with Gasteiger partial charge < -0.3 is 4.74 Å². The van der Waals surface area contributed by atoms with Gasteiger partial charge in [0.25, 0.3) is 5.91 Å². The van der Waals surface area contributed by atoms with Gasteiger partial charge in [-0.2, -0.15) is 0 Å². The first-order chi connectivity index (χ1) is 13.7. The second-order valence-electron chi connectivity index (χ2n) is 6.43. The number of ether oxygens (including phenoxy) is 1. The third-order valence-corrected chi connectivity index (χ3v) is 5.98. The van der Waals surface area contributed by atoms with Crippen molar-refractivity contribution in [2.45, 2.75) is 13.5 Å². The normalized spacial score (nSPS) is 15.6. The number of fused-ring (bicyclic) bond motifs is 1. The standard InChI is InChI=1S/C23H19NO2S2/c1-2-24-22(25)21(28-23(24)27)14-19-9-5-6-10-20(19)26-15-16-11-12-17-7-3-4-8-18(17)13-16/h3-14H,2,15H2,1H3/b21-14+. The molecule has 4 rings (SSSR count). The van der Waals surface area contributed by atoms with Crippen LogP contribution < -0.4 is 4.74 Å². The average molecular weight is 406 g/mol. The molecule has 0 bridgehead atoms. The average Bonchev–Trinajstić information content (AvgIpc) is 2.99. The predicted octanol–water partition coefficient (Wildman–Crippen LogP) is 5.64. The number of amides is 1. The molecule has 1 saturated heterocycles. The van der Waals surface area contributed by atoms with Crippen molar-refractivity contribution in [2.24, 2.45) is 0 Å². The van der Waals surface area contributed by atoms with Gasteiger partial charge in [0.15, 0.2) is 0 Å². The molecule has 1 heterocycles. The summed E-state index contributed by atoms with van der Waals surface area (Å²) in [6.07, 6.45) is 1.87. The van der Waals surface area contributed by atoms with E-state index in [4.69, 9.17) is 17.0 Å². The van der Waals surface area contributed by atoms with Crippen molar-refractivity contribution in [3.63, 3.8) is 0 Å². The molecule has 28 heavy (non-hydrogen) atoms. The molecule has 1 aliphatic rings. The predicted molar refractivity (Wildman–Crippen MR) is 120 cm³/mol. The van der Waals surface area contributed by atoms with E-state index in [0.29, 0.717) is 22.4 Å². The van der Waals surface area contributed by atoms with E-state index in [0.717, 1.165) is 16.9 Å². The van der Waals surface area contributed by atoms with Crippen molar-refractivity contribution >= 4 is 51.1 Å². The summed E-state index contributed by atoms with van der Waals surface area (Å²) in [5.41, 5.74) is 1.98. The van der Waals surface area contributed by atoms with Gasteiger partial charge in [-0.25, -0.2) is 0 Å². The number of carbonyl (C=O) groups is 1. The number of carbonyl (C=O) groups excluding carboxylic acids is 1. The molecule has 140 valence electrons. The molecule has 0 aliphatic carbocycles. The van der Waals surface area contributed by atoms with E-state index >= 15 is 0 Å². The summed E-state index contributed by atoms with van der Waals surface area (Å²) in [5, 5.41) is 2.41. The van der Waals surface area contributed by atoms with Crippen molar-refractivity contribution < 1.29 is 9.53 Å². The topological polar surface area (TPSA) is 29.5 Å². The van der Waals surface area contributed by atoms with Crippen LogP contribution >= 0.6 is 24.0 Å². The lowest BCUT2D eigenvalue weighted by Crippen LogP contribution is -2.27. The summed E-state index contributed by atoms with van der Waals surface area (Å²) in [6.45, 7) is 2.97. The molecule has 0 aromatic heterocycles. The number of likely N-dealkylation sites (N-methyl/N-ethyl adjacent to an activating group) is 1. The summed E-state index contributed by atoms with van der Waals surface area (Å²) in [5.74, 6) is 0.708. The van der Waals surface area contributed by atoms with Gasteiger partial charge in [0.1, 0.15) is 16.7 Å². The molecule has 0 atom stereocenters. The molecule has 1 fully saturated rings. The second-order valence-corrected chi connectivity index (χ2v) is 8.11. The third kappa shape index (κ3) is 3.81. The van der Waals surface area contributed by atoms with Gasteiger partial charge in [0.2, 0.25) is 0 Å². The fraction of sp³-hybridized carbons (Fsp3) is 0.130. The minimum atomic E-state index is -0.0400.